The van der Waals surface area contributed by atoms with Gasteiger partial charge in [-0.05, 0) is 35.4 Å². The van der Waals surface area contributed by atoms with Crippen LogP contribution in [0.1, 0.15) is 36.5 Å². The van der Waals surface area contributed by atoms with Gasteiger partial charge in [-0.3, -0.25) is 0 Å². The predicted molar refractivity (Wildman–Crippen MR) is 86.7 cm³/mol. The van der Waals surface area contributed by atoms with Gasteiger partial charge in [-0.2, -0.15) is 0 Å². The van der Waals surface area contributed by atoms with E-state index in [1.54, 1.807) is 7.11 Å². The molecule has 2 aromatic rings. The van der Waals surface area contributed by atoms with Crippen molar-refractivity contribution in [3.63, 3.8) is 0 Å². The van der Waals surface area contributed by atoms with E-state index < -0.39 is 0 Å². The summed E-state index contributed by atoms with van der Waals surface area (Å²) >= 11 is 0. The molecule has 0 fully saturated rings. The third-order valence-electron chi connectivity index (χ3n) is 3.65. The summed E-state index contributed by atoms with van der Waals surface area (Å²) in [6, 6.07) is 12.8. The molecular formula is C18H24N2O. The van der Waals surface area contributed by atoms with E-state index in [2.05, 4.69) is 43.1 Å². The van der Waals surface area contributed by atoms with Crippen molar-refractivity contribution in [2.45, 2.75) is 38.6 Å². The van der Waals surface area contributed by atoms with Crippen molar-refractivity contribution in [1.82, 2.24) is 4.98 Å². The van der Waals surface area contributed by atoms with Crippen LogP contribution < -0.4 is 10.5 Å². The molecule has 1 unspecified atom stereocenters. The van der Waals surface area contributed by atoms with Crippen LogP contribution in [-0.2, 0) is 12.8 Å². The maximum atomic E-state index is 6.25. The van der Waals surface area contributed by atoms with Crippen molar-refractivity contribution in [3.8, 4) is 5.88 Å². The monoisotopic (exact) mass is 284 g/mol. The molecule has 0 aliphatic carbocycles. The number of aromatic nitrogens is 1. The molecule has 1 heterocycles. The summed E-state index contributed by atoms with van der Waals surface area (Å²) in [5, 5.41) is 0. The molecule has 1 aromatic heterocycles. The zero-order valence-corrected chi connectivity index (χ0v) is 13.0. The Balaban J connectivity index is 1.92. The molecule has 0 radical (unpaired) electrons. The Kier molecular flexibility index (Phi) is 5.34. The lowest BCUT2D eigenvalue weighted by Crippen LogP contribution is -2.25. The first-order valence-electron chi connectivity index (χ1n) is 7.42. The van der Waals surface area contributed by atoms with Crippen LogP contribution in [0.5, 0.6) is 5.88 Å². The molecule has 3 nitrogen and oxygen atoms in total. The van der Waals surface area contributed by atoms with Crippen LogP contribution in [0.4, 0.5) is 0 Å². The smallest absolute Gasteiger partial charge is 0.212 e. The van der Waals surface area contributed by atoms with Gasteiger partial charge in [-0.25, -0.2) is 4.98 Å². The van der Waals surface area contributed by atoms with Crippen molar-refractivity contribution in [2.75, 3.05) is 7.11 Å². The van der Waals surface area contributed by atoms with E-state index in [0.717, 1.165) is 18.4 Å². The number of pyridine rings is 1. The van der Waals surface area contributed by atoms with E-state index in [4.69, 9.17) is 10.5 Å². The Morgan fingerprint density at radius 1 is 1.00 bits per heavy atom. The van der Waals surface area contributed by atoms with Gasteiger partial charge < -0.3 is 10.5 Å². The highest BCUT2D eigenvalue weighted by Crippen LogP contribution is 2.16. The summed E-state index contributed by atoms with van der Waals surface area (Å²) in [5.41, 5.74) is 10.0. The molecular weight excluding hydrogens is 260 g/mol. The van der Waals surface area contributed by atoms with Gasteiger partial charge in [0.25, 0.3) is 0 Å². The maximum absolute atomic E-state index is 6.25. The van der Waals surface area contributed by atoms with Crippen LogP contribution in [0.2, 0.25) is 0 Å². The SMILES string of the molecule is COc1ccc(CC(N)Cc2ccc(C(C)C)cc2)cn1. The molecule has 0 saturated heterocycles. The van der Waals surface area contributed by atoms with E-state index >= 15 is 0 Å². The molecule has 0 amide bonds. The minimum atomic E-state index is 0.102. The predicted octanol–water partition coefficient (Wildman–Crippen LogP) is 3.33. The standard InChI is InChI=1S/C18H24N2O/c1-13(2)16-7-4-14(5-8-16)10-17(19)11-15-6-9-18(21-3)20-12-15/h4-9,12-13,17H,10-11,19H2,1-3H3. The fourth-order valence-electron chi connectivity index (χ4n) is 2.37. The van der Waals surface area contributed by atoms with Gasteiger partial charge in [0.05, 0.1) is 7.11 Å². The fourth-order valence-corrected chi connectivity index (χ4v) is 2.37. The molecule has 1 aromatic carbocycles. The highest BCUT2D eigenvalue weighted by Gasteiger charge is 2.07. The summed E-state index contributed by atoms with van der Waals surface area (Å²) in [7, 11) is 1.62. The highest BCUT2D eigenvalue weighted by atomic mass is 16.5. The third kappa shape index (κ3) is 4.57. The molecule has 1 atom stereocenters. The number of nitrogens with zero attached hydrogens (tertiary/aromatic N) is 1. The van der Waals surface area contributed by atoms with Gasteiger partial charge in [0.2, 0.25) is 5.88 Å². The first-order chi connectivity index (χ1) is 10.1. The Morgan fingerprint density at radius 3 is 2.14 bits per heavy atom. The minimum Gasteiger partial charge on any atom is -0.481 e. The molecule has 112 valence electrons. The van der Waals surface area contributed by atoms with Gasteiger partial charge in [-0.15, -0.1) is 0 Å². The normalized spacial score (nSPS) is 12.4. The number of methoxy groups -OCH3 is 1. The number of hydrogen-bond donors (Lipinski definition) is 1. The number of ether oxygens (including phenoxy) is 1. The summed E-state index contributed by atoms with van der Waals surface area (Å²) in [5.74, 6) is 1.20. The molecule has 21 heavy (non-hydrogen) atoms. The molecule has 0 aliphatic rings. The fraction of sp³-hybridized carbons (Fsp3) is 0.389. The summed E-state index contributed by atoms with van der Waals surface area (Å²) in [4.78, 5) is 4.21. The molecule has 2 rings (SSSR count). The Bertz CT molecular complexity index is 546. The Hall–Kier alpha value is -1.87. The lowest BCUT2D eigenvalue weighted by molar-refractivity contribution is 0.397. The average Bonchev–Trinajstić information content (AvgIpc) is 2.48. The van der Waals surface area contributed by atoms with E-state index in [-0.39, 0.29) is 6.04 Å². The summed E-state index contributed by atoms with van der Waals surface area (Å²) in [6.07, 6.45) is 3.54. The van der Waals surface area contributed by atoms with Gasteiger partial charge in [0.1, 0.15) is 0 Å². The zero-order valence-electron chi connectivity index (χ0n) is 13.0. The van der Waals surface area contributed by atoms with Crippen LogP contribution in [0.3, 0.4) is 0 Å². The van der Waals surface area contributed by atoms with Gasteiger partial charge in [0, 0.05) is 18.3 Å². The molecule has 3 heteroatoms. The lowest BCUT2D eigenvalue weighted by atomic mass is 9.97. The molecule has 2 N–H and O–H groups in total. The third-order valence-corrected chi connectivity index (χ3v) is 3.65. The number of rotatable bonds is 6. The topological polar surface area (TPSA) is 48.1 Å². The summed E-state index contributed by atoms with van der Waals surface area (Å²) in [6.45, 7) is 4.41. The molecule has 0 spiro atoms. The van der Waals surface area contributed by atoms with Gasteiger partial charge >= 0.3 is 0 Å². The number of nitrogens with two attached hydrogens (primary N) is 1. The molecule has 0 saturated carbocycles. The van der Waals surface area contributed by atoms with Crippen molar-refractivity contribution in [2.24, 2.45) is 5.73 Å². The van der Waals surface area contributed by atoms with Crippen molar-refractivity contribution < 1.29 is 4.74 Å². The zero-order chi connectivity index (χ0) is 15.2. The summed E-state index contributed by atoms with van der Waals surface area (Å²) < 4.78 is 5.06. The highest BCUT2D eigenvalue weighted by molar-refractivity contribution is 5.26. The van der Waals surface area contributed by atoms with Crippen molar-refractivity contribution in [3.05, 3.63) is 59.3 Å². The number of hydrogen-bond acceptors (Lipinski definition) is 3. The number of benzene rings is 1. The second-order valence-electron chi connectivity index (χ2n) is 5.77. The van der Waals surface area contributed by atoms with E-state index in [9.17, 15) is 0 Å². The maximum Gasteiger partial charge on any atom is 0.212 e. The largest absolute Gasteiger partial charge is 0.481 e. The second kappa shape index (κ2) is 7.23. The molecule has 0 aliphatic heterocycles. The van der Waals surface area contributed by atoms with Crippen LogP contribution >= 0.6 is 0 Å². The Labute approximate surface area is 127 Å². The second-order valence-corrected chi connectivity index (χ2v) is 5.77. The average molecular weight is 284 g/mol. The molecule has 0 bridgehead atoms. The van der Waals surface area contributed by atoms with Crippen LogP contribution in [0, 0.1) is 0 Å². The first-order valence-corrected chi connectivity index (χ1v) is 7.42. The van der Waals surface area contributed by atoms with Gasteiger partial charge in [-0.1, -0.05) is 44.2 Å². The minimum absolute atomic E-state index is 0.102. The Morgan fingerprint density at radius 2 is 1.62 bits per heavy atom. The van der Waals surface area contributed by atoms with Crippen molar-refractivity contribution in [1.29, 1.82) is 0 Å². The van der Waals surface area contributed by atoms with Crippen LogP contribution in [0.25, 0.3) is 0 Å². The van der Waals surface area contributed by atoms with Crippen molar-refractivity contribution >= 4 is 0 Å². The quantitative estimate of drug-likeness (QED) is 0.885. The lowest BCUT2D eigenvalue weighted by Gasteiger charge is -2.13. The first kappa shape index (κ1) is 15.5. The van der Waals surface area contributed by atoms with E-state index in [0.29, 0.717) is 11.8 Å². The van der Waals surface area contributed by atoms with Crippen LogP contribution in [0.15, 0.2) is 42.6 Å². The van der Waals surface area contributed by atoms with E-state index in [1.165, 1.54) is 11.1 Å². The van der Waals surface area contributed by atoms with E-state index in [1.807, 2.05) is 18.3 Å². The van der Waals surface area contributed by atoms with Gasteiger partial charge in [0.15, 0.2) is 0 Å². The van der Waals surface area contributed by atoms with Crippen LogP contribution in [-0.4, -0.2) is 18.1 Å².